The highest BCUT2D eigenvalue weighted by Crippen LogP contribution is 2.22. The van der Waals surface area contributed by atoms with Gasteiger partial charge in [0.25, 0.3) is 0 Å². The fourth-order valence-electron chi connectivity index (χ4n) is 3.27. The predicted octanol–water partition coefficient (Wildman–Crippen LogP) is 0.950. The van der Waals surface area contributed by atoms with Crippen LogP contribution in [-0.4, -0.2) is 51.4 Å². The van der Waals surface area contributed by atoms with Crippen LogP contribution in [0.3, 0.4) is 0 Å². The topological polar surface area (TPSA) is 78.5 Å². The zero-order chi connectivity index (χ0) is 18.0. The molecule has 0 spiro atoms. The molecule has 0 radical (unpaired) electrons. The summed E-state index contributed by atoms with van der Waals surface area (Å²) in [7, 11) is -3.67. The van der Waals surface area contributed by atoms with E-state index in [1.165, 1.54) is 12.1 Å². The highest BCUT2D eigenvalue weighted by atomic mass is 32.2. The number of hydrogen-bond donors (Lipinski definition) is 2. The molecule has 6 nitrogen and oxygen atoms in total. The smallest absolute Gasteiger partial charge is 0.240 e. The van der Waals surface area contributed by atoms with Crippen LogP contribution in [0.1, 0.15) is 19.8 Å². The predicted molar refractivity (Wildman–Crippen MR) is 91.8 cm³/mol. The summed E-state index contributed by atoms with van der Waals surface area (Å²) in [4.78, 5) is 14.4. The molecular formula is C17H24FN3O3S. The van der Waals surface area contributed by atoms with Crippen molar-refractivity contribution in [2.24, 2.45) is 11.8 Å². The van der Waals surface area contributed by atoms with Crippen molar-refractivity contribution in [3.05, 3.63) is 30.1 Å². The second kappa shape index (κ2) is 7.39. The van der Waals surface area contributed by atoms with Gasteiger partial charge in [0.2, 0.25) is 15.9 Å². The molecule has 2 fully saturated rings. The number of amides is 1. The number of carbonyl (C=O) groups excluding carboxylic acids is 1. The number of nitrogens with zero attached hydrogens (tertiary/aromatic N) is 1. The summed E-state index contributed by atoms with van der Waals surface area (Å²) >= 11 is 0. The molecule has 25 heavy (non-hydrogen) atoms. The van der Waals surface area contributed by atoms with Crippen molar-refractivity contribution < 1.29 is 17.6 Å². The fraction of sp³-hybridized carbons (Fsp3) is 0.588. The quantitative estimate of drug-likeness (QED) is 0.810. The first-order valence-corrected chi connectivity index (χ1v) is 10.1. The number of piperidine rings is 1. The molecule has 8 heteroatoms. The highest BCUT2D eigenvalue weighted by molar-refractivity contribution is 7.89. The normalized spacial score (nSPS) is 21.0. The molecule has 1 unspecified atom stereocenters. The first kappa shape index (κ1) is 18.3. The summed E-state index contributed by atoms with van der Waals surface area (Å²) in [5.41, 5.74) is 0. The first-order chi connectivity index (χ1) is 11.9. The Labute approximate surface area is 147 Å². The van der Waals surface area contributed by atoms with Crippen molar-refractivity contribution in [2.75, 3.05) is 26.2 Å². The number of rotatable bonds is 5. The lowest BCUT2D eigenvalue weighted by atomic mass is 9.87. The van der Waals surface area contributed by atoms with Crippen molar-refractivity contribution in [1.29, 1.82) is 0 Å². The zero-order valence-corrected chi connectivity index (χ0v) is 15.1. The molecule has 1 amide bonds. The summed E-state index contributed by atoms with van der Waals surface area (Å²) in [5, 5.41) is 3.18. The SMILES string of the molecule is CC(C(=O)N1CCC(NS(=O)(=O)c2ccc(F)cc2)CC1)C1CNC1. The molecule has 2 aliphatic heterocycles. The molecule has 0 saturated carbocycles. The van der Waals surface area contributed by atoms with E-state index in [1.54, 1.807) is 0 Å². The van der Waals surface area contributed by atoms with Gasteiger partial charge in [0.15, 0.2) is 0 Å². The molecule has 1 aromatic rings. The van der Waals surface area contributed by atoms with Crippen LogP contribution in [0.5, 0.6) is 0 Å². The van der Waals surface area contributed by atoms with Crippen molar-refractivity contribution in [2.45, 2.75) is 30.7 Å². The van der Waals surface area contributed by atoms with E-state index in [9.17, 15) is 17.6 Å². The summed E-state index contributed by atoms with van der Waals surface area (Å²) in [6.07, 6.45) is 1.17. The molecule has 3 rings (SSSR count). The van der Waals surface area contributed by atoms with Gasteiger partial charge in [-0.2, -0.15) is 0 Å². The van der Waals surface area contributed by atoms with Gasteiger partial charge in [0.05, 0.1) is 4.90 Å². The van der Waals surface area contributed by atoms with Crippen molar-refractivity contribution in [3.63, 3.8) is 0 Å². The van der Waals surface area contributed by atoms with E-state index >= 15 is 0 Å². The number of halogens is 1. The molecule has 0 bridgehead atoms. The molecule has 2 saturated heterocycles. The lowest BCUT2D eigenvalue weighted by Gasteiger charge is -2.38. The minimum absolute atomic E-state index is 0.00806. The Kier molecular flexibility index (Phi) is 5.41. The van der Waals surface area contributed by atoms with Crippen LogP contribution in [0.2, 0.25) is 0 Å². The van der Waals surface area contributed by atoms with E-state index in [-0.39, 0.29) is 22.8 Å². The molecular weight excluding hydrogens is 345 g/mol. The maximum absolute atomic E-state index is 12.9. The molecule has 0 aromatic heterocycles. The fourth-order valence-corrected chi connectivity index (χ4v) is 4.58. The second-order valence-electron chi connectivity index (χ2n) is 6.88. The number of sulfonamides is 1. The molecule has 2 heterocycles. The van der Waals surface area contributed by atoms with Gasteiger partial charge in [-0.25, -0.2) is 17.5 Å². The highest BCUT2D eigenvalue weighted by Gasteiger charge is 2.33. The standard InChI is InChI=1S/C17H24FN3O3S/c1-12(13-10-19-11-13)17(22)21-8-6-15(7-9-21)20-25(23,24)16-4-2-14(18)3-5-16/h2-5,12-13,15,19-20H,6-11H2,1H3. The van der Waals surface area contributed by atoms with Crippen LogP contribution in [0.15, 0.2) is 29.2 Å². The molecule has 1 atom stereocenters. The number of carbonyl (C=O) groups is 1. The minimum Gasteiger partial charge on any atom is -0.342 e. The van der Waals surface area contributed by atoms with Crippen LogP contribution in [0, 0.1) is 17.7 Å². The Hall–Kier alpha value is -1.51. The number of benzene rings is 1. The van der Waals surface area contributed by atoms with Gasteiger partial charge in [0.1, 0.15) is 5.82 Å². The summed E-state index contributed by atoms with van der Waals surface area (Å²) in [6, 6.07) is 4.56. The van der Waals surface area contributed by atoms with E-state index in [4.69, 9.17) is 0 Å². The Morgan fingerprint density at radius 3 is 2.36 bits per heavy atom. The van der Waals surface area contributed by atoms with E-state index in [0.717, 1.165) is 25.2 Å². The van der Waals surface area contributed by atoms with E-state index in [1.807, 2.05) is 11.8 Å². The monoisotopic (exact) mass is 369 g/mol. The molecule has 0 aliphatic carbocycles. The third-order valence-corrected chi connectivity index (χ3v) is 6.70. The summed E-state index contributed by atoms with van der Waals surface area (Å²) in [6.45, 7) is 4.86. The number of likely N-dealkylation sites (tertiary alicyclic amines) is 1. The number of hydrogen-bond acceptors (Lipinski definition) is 4. The van der Waals surface area contributed by atoms with Gasteiger partial charge in [-0.1, -0.05) is 6.92 Å². The van der Waals surface area contributed by atoms with Crippen molar-refractivity contribution in [1.82, 2.24) is 14.9 Å². The second-order valence-corrected chi connectivity index (χ2v) is 8.60. The van der Waals surface area contributed by atoms with Crippen LogP contribution in [-0.2, 0) is 14.8 Å². The van der Waals surface area contributed by atoms with E-state index in [2.05, 4.69) is 10.0 Å². The van der Waals surface area contributed by atoms with Gasteiger partial charge in [-0.15, -0.1) is 0 Å². The maximum Gasteiger partial charge on any atom is 0.240 e. The third kappa shape index (κ3) is 4.19. The summed E-state index contributed by atoms with van der Waals surface area (Å²) in [5.74, 6) is 0.101. The Bertz CT molecular complexity index is 711. The van der Waals surface area contributed by atoms with Crippen LogP contribution < -0.4 is 10.0 Å². The van der Waals surface area contributed by atoms with Crippen LogP contribution in [0.4, 0.5) is 4.39 Å². The number of nitrogens with one attached hydrogen (secondary N) is 2. The Balaban J connectivity index is 1.53. The van der Waals surface area contributed by atoms with Crippen molar-refractivity contribution in [3.8, 4) is 0 Å². The Morgan fingerprint density at radius 1 is 1.24 bits per heavy atom. The van der Waals surface area contributed by atoms with Gasteiger partial charge in [-0.3, -0.25) is 4.79 Å². The van der Waals surface area contributed by atoms with Gasteiger partial charge in [-0.05, 0) is 56.1 Å². The van der Waals surface area contributed by atoms with Crippen molar-refractivity contribution >= 4 is 15.9 Å². The third-order valence-electron chi connectivity index (χ3n) is 5.16. The maximum atomic E-state index is 12.9. The summed E-state index contributed by atoms with van der Waals surface area (Å²) < 4.78 is 40.3. The molecule has 138 valence electrons. The average Bonchev–Trinajstić information content (AvgIpc) is 2.53. The Morgan fingerprint density at radius 2 is 1.84 bits per heavy atom. The molecule has 2 aliphatic rings. The van der Waals surface area contributed by atoms with Crippen LogP contribution in [0.25, 0.3) is 0 Å². The largest absolute Gasteiger partial charge is 0.342 e. The minimum atomic E-state index is -3.67. The molecule has 1 aromatic carbocycles. The van der Waals surface area contributed by atoms with Gasteiger partial charge in [0, 0.05) is 25.0 Å². The lowest BCUT2D eigenvalue weighted by Crippen LogP contribution is -2.53. The zero-order valence-electron chi connectivity index (χ0n) is 14.2. The van der Waals surface area contributed by atoms with E-state index in [0.29, 0.717) is 31.8 Å². The van der Waals surface area contributed by atoms with Gasteiger partial charge >= 0.3 is 0 Å². The molecule has 2 N–H and O–H groups in total. The van der Waals surface area contributed by atoms with E-state index < -0.39 is 15.8 Å². The van der Waals surface area contributed by atoms with Gasteiger partial charge < -0.3 is 10.2 Å². The van der Waals surface area contributed by atoms with Crippen LogP contribution >= 0.6 is 0 Å². The first-order valence-electron chi connectivity index (χ1n) is 8.64. The lowest BCUT2D eigenvalue weighted by molar-refractivity contribution is -0.138. The average molecular weight is 369 g/mol.